The summed E-state index contributed by atoms with van der Waals surface area (Å²) in [6, 6.07) is 3.09. The highest BCUT2D eigenvalue weighted by Crippen LogP contribution is 2.42. The van der Waals surface area contributed by atoms with E-state index in [1.54, 1.807) is 0 Å². The Morgan fingerprint density at radius 2 is 1.50 bits per heavy atom. The van der Waals surface area contributed by atoms with Crippen molar-refractivity contribution in [1.82, 2.24) is 4.98 Å². The Morgan fingerprint density at radius 3 is 2.08 bits per heavy atom. The lowest BCUT2D eigenvalue weighted by Crippen LogP contribution is -2.20. The van der Waals surface area contributed by atoms with Crippen molar-refractivity contribution < 1.29 is 63.7 Å². The van der Waals surface area contributed by atoms with E-state index in [0.717, 1.165) is 26.5 Å². The quantitative estimate of drug-likeness (QED) is 0.254. The van der Waals surface area contributed by atoms with Crippen molar-refractivity contribution in [1.29, 1.82) is 0 Å². The van der Waals surface area contributed by atoms with Gasteiger partial charge in [-0.15, -0.1) is 13.2 Å². The van der Waals surface area contributed by atoms with Gasteiger partial charge in [-0.25, -0.2) is 14.2 Å². The van der Waals surface area contributed by atoms with Crippen LogP contribution in [-0.2, 0) is 10.9 Å². The molecule has 1 aromatic heterocycles. The maximum Gasteiger partial charge on any atom is 0.573 e. The molecule has 3 aromatic rings. The van der Waals surface area contributed by atoms with Gasteiger partial charge in [-0.05, 0) is 37.3 Å². The van der Waals surface area contributed by atoms with Gasteiger partial charge in [-0.1, -0.05) is 0 Å². The van der Waals surface area contributed by atoms with Crippen LogP contribution in [-0.4, -0.2) is 37.4 Å². The first-order chi connectivity index (χ1) is 18.6. The number of methoxy groups -OCH3 is 2. The van der Waals surface area contributed by atoms with Gasteiger partial charge in [0.2, 0.25) is 11.6 Å². The van der Waals surface area contributed by atoms with Crippen LogP contribution in [0, 0.1) is 18.6 Å². The molecule has 0 atom stereocenters. The molecule has 0 aliphatic heterocycles. The van der Waals surface area contributed by atoms with Crippen molar-refractivity contribution in [2.75, 3.05) is 19.5 Å². The van der Waals surface area contributed by atoms with E-state index >= 15 is 4.39 Å². The van der Waals surface area contributed by atoms with E-state index in [1.807, 2.05) is 0 Å². The number of halogens is 8. The number of carbonyl (C=O) groups is 2. The second-order valence-electron chi connectivity index (χ2n) is 7.63. The molecule has 0 saturated carbocycles. The molecule has 1 N–H and O–H groups in total. The van der Waals surface area contributed by atoms with Crippen LogP contribution in [0.4, 0.5) is 40.8 Å². The molecule has 1 amide bonds. The van der Waals surface area contributed by atoms with Gasteiger partial charge in [0, 0.05) is 17.4 Å². The van der Waals surface area contributed by atoms with E-state index in [1.165, 1.54) is 6.92 Å². The summed E-state index contributed by atoms with van der Waals surface area (Å²) < 4.78 is 126. The number of amides is 1. The van der Waals surface area contributed by atoms with Crippen molar-refractivity contribution in [3.63, 3.8) is 0 Å². The van der Waals surface area contributed by atoms with Crippen molar-refractivity contribution >= 4 is 17.6 Å². The third kappa shape index (κ3) is 6.32. The number of benzene rings is 2. The van der Waals surface area contributed by atoms with Crippen molar-refractivity contribution in [2.24, 2.45) is 0 Å². The van der Waals surface area contributed by atoms with Gasteiger partial charge in [0.25, 0.3) is 5.91 Å². The molecule has 0 aliphatic carbocycles. The minimum absolute atomic E-state index is 0.0153. The molecule has 0 aliphatic rings. The van der Waals surface area contributed by atoms with Gasteiger partial charge >= 0.3 is 18.5 Å². The van der Waals surface area contributed by atoms with Crippen LogP contribution in [0.1, 0.15) is 32.0 Å². The normalized spacial score (nSPS) is 11.6. The first kappa shape index (κ1) is 29.9. The Kier molecular flexibility index (Phi) is 8.40. The first-order valence-electron chi connectivity index (χ1n) is 10.6. The molecule has 16 heteroatoms. The molecule has 0 radical (unpaired) electrons. The Labute approximate surface area is 219 Å². The minimum Gasteiger partial charge on any atom is -0.490 e. The van der Waals surface area contributed by atoms with Crippen LogP contribution in [0.25, 0.3) is 0 Å². The summed E-state index contributed by atoms with van der Waals surface area (Å²) in [4.78, 5) is 28.7. The zero-order valence-corrected chi connectivity index (χ0v) is 20.4. The zero-order chi connectivity index (χ0) is 30.0. The molecule has 0 fully saturated rings. The lowest BCUT2D eigenvalue weighted by atomic mass is 10.1. The number of pyridine rings is 1. The van der Waals surface area contributed by atoms with E-state index in [9.17, 15) is 40.3 Å². The standard InChI is InChI=1S/C24H16F8N2O6/c1-10-12(8-9-33-19(10)22(36)38-3)34-21(35)16-13(5-4-11(17(16)25)23(27,28)29)39-15-7-6-14(40-24(30,31)32)18(26)20(15)37-2/h4-9H,1-3H3,(H,33,34,35). The van der Waals surface area contributed by atoms with Crippen LogP contribution in [0.15, 0.2) is 36.5 Å². The number of rotatable bonds is 7. The summed E-state index contributed by atoms with van der Waals surface area (Å²) in [5.74, 6) is -10.2. The van der Waals surface area contributed by atoms with E-state index in [-0.39, 0.29) is 23.0 Å². The van der Waals surface area contributed by atoms with Gasteiger partial charge in [-0.2, -0.15) is 17.6 Å². The van der Waals surface area contributed by atoms with Gasteiger partial charge in [0.15, 0.2) is 23.0 Å². The third-order valence-corrected chi connectivity index (χ3v) is 5.14. The number of anilines is 1. The third-order valence-electron chi connectivity index (χ3n) is 5.14. The highest BCUT2D eigenvalue weighted by molar-refractivity contribution is 6.07. The second-order valence-corrected chi connectivity index (χ2v) is 7.63. The predicted octanol–water partition coefficient (Wildman–Crippen LogP) is 6.43. The highest BCUT2D eigenvalue weighted by atomic mass is 19.4. The SMILES string of the molecule is COC(=O)c1nccc(NC(=O)c2c(Oc3ccc(OC(F)(F)F)c(F)c3OC)ccc(C(F)(F)F)c2F)c1C. The van der Waals surface area contributed by atoms with E-state index in [0.29, 0.717) is 18.2 Å². The smallest absolute Gasteiger partial charge is 0.490 e. The minimum atomic E-state index is -5.28. The molecule has 0 spiro atoms. The van der Waals surface area contributed by atoms with Crippen LogP contribution in [0.3, 0.4) is 0 Å². The number of ether oxygens (including phenoxy) is 4. The number of alkyl halides is 6. The number of hydrogen-bond donors (Lipinski definition) is 1. The van der Waals surface area contributed by atoms with E-state index in [2.05, 4.69) is 19.8 Å². The summed E-state index contributed by atoms with van der Waals surface area (Å²) in [6.45, 7) is 1.31. The molecule has 40 heavy (non-hydrogen) atoms. The summed E-state index contributed by atoms with van der Waals surface area (Å²) >= 11 is 0. The molecule has 8 nitrogen and oxygen atoms in total. The molecular formula is C24H16F8N2O6. The number of nitrogens with one attached hydrogen (secondary N) is 1. The lowest BCUT2D eigenvalue weighted by Gasteiger charge is -2.18. The topological polar surface area (TPSA) is 96.0 Å². The summed E-state index contributed by atoms with van der Waals surface area (Å²) in [7, 11) is 1.88. The Bertz CT molecular complexity index is 1460. The van der Waals surface area contributed by atoms with Crippen LogP contribution in [0.2, 0.25) is 0 Å². The average Bonchev–Trinajstić information content (AvgIpc) is 2.85. The maximum absolute atomic E-state index is 15.2. The predicted molar refractivity (Wildman–Crippen MR) is 119 cm³/mol. The monoisotopic (exact) mass is 580 g/mol. The summed E-state index contributed by atoms with van der Waals surface area (Å²) in [5.41, 5.74) is -3.59. The summed E-state index contributed by atoms with van der Waals surface area (Å²) in [5, 5.41) is 2.14. The number of hydrogen-bond acceptors (Lipinski definition) is 7. The van der Waals surface area contributed by atoms with Crippen LogP contribution in [0.5, 0.6) is 23.0 Å². The molecule has 0 saturated heterocycles. The molecule has 3 rings (SSSR count). The van der Waals surface area contributed by atoms with E-state index in [4.69, 9.17) is 9.47 Å². The number of nitrogens with zero attached hydrogens (tertiary/aromatic N) is 1. The fourth-order valence-electron chi connectivity index (χ4n) is 3.35. The Balaban J connectivity index is 2.12. The van der Waals surface area contributed by atoms with Crippen molar-refractivity contribution in [3.8, 4) is 23.0 Å². The summed E-state index contributed by atoms with van der Waals surface area (Å²) in [6.07, 6.45) is -9.48. The molecular weight excluding hydrogens is 564 g/mol. The number of esters is 1. The van der Waals surface area contributed by atoms with Crippen LogP contribution < -0.4 is 19.5 Å². The number of aromatic nitrogens is 1. The van der Waals surface area contributed by atoms with Crippen molar-refractivity contribution in [2.45, 2.75) is 19.5 Å². The van der Waals surface area contributed by atoms with Crippen LogP contribution >= 0.6 is 0 Å². The van der Waals surface area contributed by atoms with E-state index < -0.39 is 70.2 Å². The molecule has 1 heterocycles. The first-order valence-corrected chi connectivity index (χ1v) is 10.6. The second kappa shape index (κ2) is 11.2. The fraction of sp³-hybridized carbons (Fsp3) is 0.208. The number of carbonyl (C=O) groups excluding carboxylic acids is 2. The average molecular weight is 580 g/mol. The molecule has 2 aromatic carbocycles. The van der Waals surface area contributed by atoms with Gasteiger partial charge < -0.3 is 24.3 Å². The molecule has 214 valence electrons. The largest absolute Gasteiger partial charge is 0.573 e. The van der Waals surface area contributed by atoms with Crippen molar-refractivity contribution in [3.05, 3.63) is 70.5 Å². The maximum atomic E-state index is 15.2. The van der Waals surface area contributed by atoms with Gasteiger partial charge in [0.1, 0.15) is 11.3 Å². The zero-order valence-electron chi connectivity index (χ0n) is 20.4. The Morgan fingerprint density at radius 1 is 0.875 bits per heavy atom. The van der Waals surface area contributed by atoms with Gasteiger partial charge in [-0.3, -0.25) is 4.79 Å². The molecule has 0 unspecified atom stereocenters. The fourth-order valence-corrected chi connectivity index (χ4v) is 3.35. The molecule has 0 bridgehead atoms. The highest BCUT2D eigenvalue weighted by Gasteiger charge is 2.38. The lowest BCUT2D eigenvalue weighted by molar-refractivity contribution is -0.275. The van der Waals surface area contributed by atoms with Gasteiger partial charge in [0.05, 0.1) is 19.8 Å². The Hall–Kier alpha value is -4.63.